The fraction of sp³-hybridized carbons (Fsp3) is 0.111. The van der Waals surface area contributed by atoms with Crippen LogP contribution in [-0.4, -0.2) is 24.9 Å². The van der Waals surface area contributed by atoms with Crippen molar-refractivity contribution < 1.29 is 9.26 Å². The fourth-order valence-corrected chi connectivity index (χ4v) is 2.34. The SMILES string of the molecule is Cn1cc(-c2ccc(-c3nc(COc4ccccc4)no3)cn2)cn1. The second kappa shape index (κ2) is 6.56. The molecule has 0 bridgehead atoms. The maximum atomic E-state index is 5.61. The zero-order valence-corrected chi connectivity index (χ0v) is 13.5. The second-order valence-electron chi connectivity index (χ2n) is 5.45. The average molecular weight is 333 g/mol. The van der Waals surface area contributed by atoms with E-state index in [0.29, 0.717) is 11.7 Å². The summed E-state index contributed by atoms with van der Waals surface area (Å²) in [4.78, 5) is 8.77. The van der Waals surface area contributed by atoms with Gasteiger partial charge in [-0.3, -0.25) is 9.67 Å². The van der Waals surface area contributed by atoms with Gasteiger partial charge in [0.1, 0.15) is 5.75 Å². The second-order valence-corrected chi connectivity index (χ2v) is 5.45. The Balaban J connectivity index is 1.46. The molecule has 25 heavy (non-hydrogen) atoms. The Hall–Kier alpha value is -3.48. The number of rotatable bonds is 5. The lowest BCUT2D eigenvalue weighted by Gasteiger charge is -2.01. The molecule has 3 aromatic heterocycles. The average Bonchev–Trinajstić information content (AvgIpc) is 3.30. The van der Waals surface area contributed by atoms with Crippen molar-refractivity contribution in [2.24, 2.45) is 7.05 Å². The maximum absolute atomic E-state index is 5.61. The number of aryl methyl sites for hydroxylation is 1. The normalized spacial score (nSPS) is 10.8. The molecule has 0 aliphatic heterocycles. The minimum atomic E-state index is 0.245. The first-order chi connectivity index (χ1) is 12.3. The molecule has 0 fully saturated rings. The summed E-state index contributed by atoms with van der Waals surface area (Å²) in [5.74, 6) is 1.66. The third kappa shape index (κ3) is 3.40. The van der Waals surface area contributed by atoms with Crippen molar-refractivity contribution >= 4 is 0 Å². The summed E-state index contributed by atoms with van der Waals surface area (Å²) in [6.07, 6.45) is 5.39. The van der Waals surface area contributed by atoms with Crippen LogP contribution in [0.25, 0.3) is 22.7 Å². The summed E-state index contributed by atoms with van der Waals surface area (Å²) in [7, 11) is 1.87. The zero-order chi connectivity index (χ0) is 17.1. The summed E-state index contributed by atoms with van der Waals surface area (Å²) in [6.45, 7) is 0.245. The number of pyridine rings is 1. The van der Waals surface area contributed by atoms with Gasteiger partial charge >= 0.3 is 0 Å². The van der Waals surface area contributed by atoms with Gasteiger partial charge in [-0.25, -0.2) is 0 Å². The maximum Gasteiger partial charge on any atom is 0.259 e. The molecule has 0 radical (unpaired) electrons. The number of hydrogen-bond donors (Lipinski definition) is 0. The van der Waals surface area contributed by atoms with Crippen LogP contribution in [0.5, 0.6) is 5.75 Å². The topological polar surface area (TPSA) is 78.9 Å². The van der Waals surface area contributed by atoms with E-state index in [9.17, 15) is 0 Å². The van der Waals surface area contributed by atoms with Crippen LogP contribution >= 0.6 is 0 Å². The van der Waals surface area contributed by atoms with Crippen molar-refractivity contribution in [3.63, 3.8) is 0 Å². The van der Waals surface area contributed by atoms with Crippen LogP contribution in [-0.2, 0) is 13.7 Å². The first kappa shape index (κ1) is 15.1. The lowest BCUT2D eigenvalue weighted by Crippen LogP contribution is -1.97. The molecule has 0 aliphatic rings. The predicted molar refractivity (Wildman–Crippen MR) is 90.5 cm³/mol. The Labute approximate surface area is 143 Å². The van der Waals surface area contributed by atoms with Crippen LogP contribution in [0.4, 0.5) is 0 Å². The van der Waals surface area contributed by atoms with E-state index in [2.05, 4.69) is 20.2 Å². The molecule has 1 aromatic carbocycles. The number of aromatic nitrogens is 5. The molecule has 0 amide bonds. The van der Waals surface area contributed by atoms with Crippen molar-refractivity contribution in [2.75, 3.05) is 0 Å². The van der Waals surface area contributed by atoms with Gasteiger partial charge in [0, 0.05) is 25.0 Å². The molecule has 0 saturated carbocycles. The fourth-order valence-electron chi connectivity index (χ4n) is 2.34. The Morgan fingerprint density at radius 2 is 1.92 bits per heavy atom. The molecule has 124 valence electrons. The van der Waals surface area contributed by atoms with E-state index >= 15 is 0 Å². The van der Waals surface area contributed by atoms with Gasteiger partial charge in [-0.05, 0) is 24.3 Å². The van der Waals surface area contributed by atoms with Gasteiger partial charge in [-0.1, -0.05) is 23.4 Å². The van der Waals surface area contributed by atoms with E-state index in [4.69, 9.17) is 9.26 Å². The molecule has 7 nitrogen and oxygen atoms in total. The van der Waals surface area contributed by atoms with Crippen LogP contribution in [0.2, 0.25) is 0 Å². The molecule has 0 saturated heterocycles. The van der Waals surface area contributed by atoms with Crippen LogP contribution in [0, 0.1) is 0 Å². The van der Waals surface area contributed by atoms with E-state index in [1.165, 1.54) is 0 Å². The van der Waals surface area contributed by atoms with Crippen LogP contribution in [0.15, 0.2) is 65.6 Å². The molecule has 0 N–H and O–H groups in total. The summed E-state index contributed by atoms with van der Waals surface area (Å²) in [5.41, 5.74) is 2.55. The zero-order valence-electron chi connectivity index (χ0n) is 13.5. The van der Waals surface area contributed by atoms with Gasteiger partial charge in [0.05, 0.1) is 17.5 Å². The third-order valence-electron chi connectivity index (χ3n) is 3.59. The highest BCUT2D eigenvalue weighted by Crippen LogP contribution is 2.21. The summed E-state index contributed by atoms with van der Waals surface area (Å²) < 4.78 is 12.6. The lowest BCUT2D eigenvalue weighted by atomic mass is 10.2. The smallest absolute Gasteiger partial charge is 0.259 e. The minimum absolute atomic E-state index is 0.245. The quantitative estimate of drug-likeness (QED) is 0.558. The standard InChI is InChI=1S/C18H15N5O2/c1-23-11-14(10-20-23)16-8-7-13(9-19-16)18-21-17(22-25-18)12-24-15-5-3-2-4-6-15/h2-11H,12H2,1H3. The van der Waals surface area contributed by atoms with Crippen molar-refractivity contribution in [2.45, 2.75) is 6.61 Å². The number of hydrogen-bond acceptors (Lipinski definition) is 6. The lowest BCUT2D eigenvalue weighted by molar-refractivity contribution is 0.287. The molecule has 0 atom stereocenters. The number of benzene rings is 1. The summed E-state index contributed by atoms with van der Waals surface area (Å²) >= 11 is 0. The van der Waals surface area contributed by atoms with Crippen LogP contribution in [0.1, 0.15) is 5.82 Å². The first-order valence-electron chi connectivity index (χ1n) is 7.74. The number of para-hydroxylation sites is 1. The van der Waals surface area contributed by atoms with Gasteiger partial charge in [0.2, 0.25) is 5.82 Å². The molecular formula is C18H15N5O2. The Morgan fingerprint density at radius 3 is 2.64 bits per heavy atom. The van der Waals surface area contributed by atoms with Gasteiger partial charge in [0.15, 0.2) is 6.61 Å². The highest BCUT2D eigenvalue weighted by atomic mass is 16.5. The highest BCUT2D eigenvalue weighted by molar-refractivity contribution is 5.61. The largest absolute Gasteiger partial charge is 0.485 e. The van der Waals surface area contributed by atoms with Gasteiger partial charge in [-0.2, -0.15) is 10.1 Å². The summed E-state index contributed by atoms with van der Waals surface area (Å²) in [5, 5.41) is 8.08. The molecule has 0 unspecified atom stereocenters. The Morgan fingerprint density at radius 1 is 1.04 bits per heavy atom. The van der Waals surface area contributed by atoms with Crippen molar-refractivity contribution in [1.29, 1.82) is 0 Å². The van der Waals surface area contributed by atoms with Crippen LogP contribution in [0.3, 0.4) is 0 Å². The van der Waals surface area contributed by atoms with E-state index in [0.717, 1.165) is 22.6 Å². The Bertz CT molecular complexity index is 961. The summed E-state index contributed by atoms with van der Waals surface area (Å²) in [6, 6.07) is 13.3. The van der Waals surface area contributed by atoms with E-state index in [1.807, 2.05) is 55.7 Å². The molecular weight excluding hydrogens is 318 g/mol. The molecule has 0 aliphatic carbocycles. The number of nitrogens with zero attached hydrogens (tertiary/aromatic N) is 5. The van der Waals surface area contributed by atoms with Gasteiger partial charge in [-0.15, -0.1) is 0 Å². The molecule has 0 spiro atoms. The van der Waals surface area contributed by atoms with E-state index in [-0.39, 0.29) is 6.61 Å². The van der Waals surface area contributed by atoms with Crippen molar-refractivity contribution in [3.05, 3.63) is 66.9 Å². The van der Waals surface area contributed by atoms with Crippen molar-refractivity contribution in [1.82, 2.24) is 24.9 Å². The van der Waals surface area contributed by atoms with Crippen LogP contribution < -0.4 is 4.74 Å². The van der Waals surface area contributed by atoms with Gasteiger partial charge < -0.3 is 9.26 Å². The predicted octanol–water partition coefficient (Wildman–Crippen LogP) is 3.11. The minimum Gasteiger partial charge on any atom is -0.485 e. The van der Waals surface area contributed by atoms with Crippen molar-refractivity contribution in [3.8, 4) is 28.5 Å². The highest BCUT2D eigenvalue weighted by Gasteiger charge is 2.11. The van der Waals surface area contributed by atoms with E-state index < -0.39 is 0 Å². The molecule has 4 rings (SSSR count). The molecule has 4 aromatic rings. The Kier molecular flexibility index (Phi) is 3.96. The third-order valence-corrected chi connectivity index (χ3v) is 3.59. The molecule has 7 heteroatoms. The first-order valence-corrected chi connectivity index (χ1v) is 7.74. The van der Waals surface area contributed by atoms with E-state index in [1.54, 1.807) is 17.1 Å². The monoisotopic (exact) mass is 333 g/mol. The molecule has 3 heterocycles. The van der Waals surface area contributed by atoms with Gasteiger partial charge in [0.25, 0.3) is 5.89 Å². The number of ether oxygens (including phenoxy) is 1.